The van der Waals surface area contributed by atoms with Crippen molar-refractivity contribution in [3.8, 4) is 0 Å². The van der Waals surface area contributed by atoms with Crippen LogP contribution in [0.25, 0.3) is 6.08 Å². The van der Waals surface area contributed by atoms with Crippen LogP contribution in [0.4, 0.5) is 0 Å². The first-order chi connectivity index (χ1) is 11.5. The van der Waals surface area contributed by atoms with Crippen molar-refractivity contribution in [3.05, 3.63) is 53.6 Å². The van der Waals surface area contributed by atoms with E-state index in [1.807, 2.05) is 36.4 Å². The van der Waals surface area contributed by atoms with Crippen LogP contribution in [0.1, 0.15) is 29.9 Å². The molecule has 6 heteroatoms. The molecular weight excluding hydrogens is 312 g/mol. The molecule has 1 N–H and O–H groups in total. The zero-order valence-corrected chi connectivity index (χ0v) is 13.1. The number of esters is 2. The van der Waals surface area contributed by atoms with Crippen molar-refractivity contribution in [2.75, 3.05) is 13.2 Å². The molecule has 0 spiro atoms. The normalized spacial score (nSPS) is 14.8. The highest BCUT2D eigenvalue weighted by Crippen LogP contribution is 2.34. The van der Waals surface area contributed by atoms with Gasteiger partial charge in [-0.2, -0.15) is 0 Å². The van der Waals surface area contributed by atoms with E-state index in [9.17, 15) is 14.4 Å². The van der Waals surface area contributed by atoms with Crippen LogP contribution in [0.2, 0.25) is 0 Å². The van der Waals surface area contributed by atoms with E-state index >= 15 is 0 Å². The van der Waals surface area contributed by atoms with Gasteiger partial charge in [-0.1, -0.05) is 43.0 Å². The van der Waals surface area contributed by atoms with Gasteiger partial charge in [0, 0.05) is 11.5 Å². The van der Waals surface area contributed by atoms with Crippen molar-refractivity contribution in [1.82, 2.24) is 0 Å². The van der Waals surface area contributed by atoms with Crippen molar-refractivity contribution in [2.24, 2.45) is 0 Å². The van der Waals surface area contributed by atoms with Crippen LogP contribution < -0.4 is 0 Å². The highest BCUT2D eigenvalue weighted by Gasteiger charge is 2.24. The Morgan fingerprint density at radius 2 is 1.79 bits per heavy atom. The zero-order valence-electron chi connectivity index (χ0n) is 13.1. The van der Waals surface area contributed by atoms with Crippen LogP contribution in [-0.2, 0) is 23.9 Å². The Hall–Kier alpha value is -2.89. The minimum atomic E-state index is -1.07. The van der Waals surface area contributed by atoms with Gasteiger partial charge in [-0.25, -0.2) is 4.79 Å². The maximum Gasteiger partial charge on any atom is 0.334 e. The average molecular weight is 330 g/mol. The number of hydrogen-bond donors (Lipinski definition) is 1. The van der Waals surface area contributed by atoms with Gasteiger partial charge in [0.05, 0.1) is 12.8 Å². The molecule has 0 aliphatic heterocycles. The fraction of sp³-hybridized carbons (Fsp3) is 0.278. The quantitative estimate of drug-likeness (QED) is 0.447. The highest BCUT2D eigenvalue weighted by molar-refractivity contribution is 5.91. The van der Waals surface area contributed by atoms with Crippen molar-refractivity contribution in [3.63, 3.8) is 0 Å². The van der Waals surface area contributed by atoms with Crippen LogP contribution in [0, 0.1) is 0 Å². The standard InChI is InChI=1S/C18H18O6/c1-12(14-7-6-13-4-2-3-5-15(13)14)18(22)24-11-10-23-17(21)9-8-16(19)20/h2-7,14H,1,8-11H2,(H,19,20). The van der Waals surface area contributed by atoms with Crippen molar-refractivity contribution >= 4 is 24.0 Å². The minimum absolute atomic E-state index is 0.102. The molecule has 6 nitrogen and oxygen atoms in total. The molecule has 126 valence electrons. The Balaban J connectivity index is 1.74. The summed E-state index contributed by atoms with van der Waals surface area (Å²) < 4.78 is 9.82. The summed E-state index contributed by atoms with van der Waals surface area (Å²) in [4.78, 5) is 33.6. The Kier molecular flexibility index (Phi) is 5.89. The van der Waals surface area contributed by atoms with Gasteiger partial charge >= 0.3 is 17.9 Å². The monoisotopic (exact) mass is 330 g/mol. The topological polar surface area (TPSA) is 89.9 Å². The number of hydrogen-bond acceptors (Lipinski definition) is 5. The van der Waals surface area contributed by atoms with Crippen molar-refractivity contribution in [2.45, 2.75) is 18.8 Å². The fourth-order valence-electron chi connectivity index (χ4n) is 2.34. The van der Waals surface area contributed by atoms with Crippen molar-refractivity contribution < 1.29 is 29.0 Å². The number of carboxylic acid groups (broad SMARTS) is 1. The number of fused-ring (bicyclic) bond motifs is 1. The lowest BCUT2D eigenvalue weighted by Crippen LogP contribution is -2.17. The van der Waals surface area contributed by atoms with Gasteiger partial charge in [-0.3, -0.25) is 9.59 Å². The minimum Gasteiger partial charge on any atom is -0.481 e. The molecule has 0 amide bonds. The Bertz CT molecular complexity index is 689. The van der Waals surface area contributed by atoms with Gasteiger partial charge in [0.25, 0.3) is 0 Å². The predicted molar refractivity (Wildman–Crippen MR) is 86.1 cm³/mol. The third-order valence-corrected chi connectivity index (χ3v) is 3.56. The molecular formula is C18H18O6. The van der Waals surface area contributed by atoms with Crippen LogP contribution in [0.15, 0.2) is 42.5 Å². The lowest BCUT2D eigenvalue weighted by Gasteiger charge is -2.13. The highest BCUT2D eigenvalue weighted by atomic mass is 16.6. The first-order valence-electron chi connectivity index (χ1n) is 7.49. The molecule has 0 saturated heterocycles. The van der Waals surface area contributed by atoms with E-state index in [2.05, 4.69) is 6.58 Å². The summed E-state index contributed by atoms with van der Waals surface area (Å²) in [6.07, 6.45) is 3.32. The molecule has 1 aromatic rings. The Morgan fingerprint density at radius 1 is 1.08 bits per heavy atom. The predicted octanol–water partition coefficient (Wildman–Crippen LogP) is 2.30. The molecule has 1 atom stereocenters. The van der Waals surface area contributed by atoms with E-state index < -0.39 is 17.9 Å². The number of benzene rings is 1. The maximum atomic E-state index is 12.0. The van der Waals surface area contributed by atoms with E-state index in [0.29, 0.717) is 5.57 Å². The van der Waals surface area contributed by atoms with E-state index in [-0.39, 0.29) is 32.0 Å². The SMILES string of the molecule is C=C(C(=O)OCCOC(=O)CCC(=O)O)C1C=Cc2ccccc21. The van der Waals surface area contributed by atoms with Gasteiger partial charge in [-0.05, 0) is 11.1 Å². The number of ether oxygens (including phenoxy) is 2. The Morgan fingerprint density at radius 3 is 2.54 bits per heavy atom. The van der Waals surface area contributed by atoms with Crippen LogP contribution >= 0.6 is 0 Å². The number of allylic oxidation sites excluding steroid dienone is 1. The second-order valence-corrected chi connectivity index (χ2v) is 5.24. The molecule has 0 bridgehead atoms. The van der Waals surface area contributed by atoms with E-state index in [4.69, 9.17) is 14.6 Å². The molecule has 1 aliphatic rings. The summed E-state index contributed by atoms with van der Waals surface area (Å²) in [6, 6.07) is 7.71. The van der Waals surface area contributed by atoms with E-state index in [1.54, 1.807) is 0 Å². The Labute approximate surface area is 139 Å². The average Bonchev–Trinajstić information content (AvgIpc) is 3.00. The first kappa shape index (κ1) is 17.5. The van der Waals surface area contributed by atoms with Gasteiger partial charge < -0.3 is 14.6 Å². The zero-order chi connectivity index (χ0) is 17.5. The molecule has 1 aromatic carbocycles. The van der Waals surface area contributed by atoms with Crippen LogP contribution in [-0.4, -0.2) is 36.2 Å². The second kappa shape index (κ2) is 8.10. The number of carbonyl (C=O) groups is 3. The van der Waals surface area contributed by atoms with E-state index in [1.165, 1.54) is 0 Å². The van der Waals surface area contributed by atoms with Crippen LogP contribution in [0.3, 0.4) is 0 Å². The summed E-state index contributed by atoms with van der Waals surface area (Å²) in [7, 11) is 0. The molecule has 1 aliphatic carbocycles. The van der Waals surface area contributed by atoms with E-state index in [0.717, 1.165) is 11.1 Å². The third kappa shape index (κ3) is 4.55. The first-order valence-corrected chi connectivity index (χ1v) is 7.49. The maximum absolute atomic E-state index is 12.0. The number of carbonyl (C=O) groups excluding carboxylic acids is 2. The van der Waals surface area contributed by atoms with Gasteiger partial charge in [0.15, 0.2) is 0 Å². The smallest absolute Gasteiger partial charge is 0.334 e. The fourth-order valence-corrected chi connectivity index (χ4v) is 2.34. The summed E-state index contributed by atoms with van der Waals surface area (Å²) >= 11 is 0. The summed E-state index contributed by atoms with van der Waals surface area (Å²) in [5.41, 5.74) is 2.36. The largest absolute Gasteiger partial charge is 0.481 e. The third-order valence-electron chi connectivity index (χ3n) is 3.56. The summed E-state index contributed by atoms with van der Waals surface area (Å²) in [5.74, 6) is -2.48. The lowest BCUT2D eigenvalue weighted by molar-refractivity contribution is -0.151. The molecule has 0 fully saturated rings. The van der Waals surface area contributed by atoms with Gasteiger partial charge in [0.2, 0.25) is 0 Å². The van der Waals surface area contributed by atoms with Crippen LogP contribution in [0.5, 0.6) is 0 Å². The molecule has 0 aromatic heterocycles. The molecule has 0 saturated carbocycles. The molecule has 0 heterocycles. The molecule has 1 unspecified atom stereocenters. The lowest BCUT2D eigenvalue weighted by atomic mass is 9.94. The number of rotatable bonds is 8. The summed E-state index contributed by atoms with van der Waals surface area (Å²) in [5, 5.41) is 8.45. The molecule has 0 radical (unpaired) electrons. The molecule has 24 heavy (non-hydrogen) atoms. The second-order valence-electron chi connectivity index (χ2n) is 5.24. The van der Waals surface area contributed by atoms with Gasteiger partial charge in [0.1, 0.15) is 13.2 Å². The van der Waals surface area contributed by atoms with Crippen molar-refractivity contribution in [1.29, 1.82) is 0 Å². The van der Waals surface area contributed by atoms with Gasteiger partial charge in [-0.15, -0.1) is 0 Å². The molecule has 2 rings (SSSR count). The number of aliphatic carboxylic acids is 1. The summed E-state index contributed by atoms with van der Waals surface area (Å²) in [6.45, 7) is 3.58. The number of carboxylic acids is 1.